The van der Waals surface area contributed by atoms with E-state index < -0.39 is 41.3 Å². The van der Waals surface area contributed by atoms with Crippen LogP contribution in [0.2, 0.25) is 0 Å². The van der Waals surface area contributed by atoms with Crippen molar-refractivity contribution >= 4 is 23.6 Å². The summed E-state index contributed by atoms with van der Waals surface area (Å²) in [7, 11) is 0. The molecule has 0 N–H and O–H groups in total. The Labute approximate surface area is 227 Å². The predicted octanol–water partition coefficient (Wildman–Crippen LogP) is 5.81. The van der Waals surface area contributed by atoms with E-state index in [1.807, 2.05) is 47.6 Å². The van der Waals surface area contributed by atoms with Crippen LogP contribution in [0.4, 0.5) is 0 Å². The summed E-state index contributed by atoms with van der Waals surface area (Å²) in [5, 5.41) is 0. The Balaban J connectivity index is 1.73. The molecule has 0 aromatic heterocycles. The first-order valence-electron chi connectivity index (χ1n) is 13.8. The van der Waals surface area contributed by atoms with Crippen LogP contribution in [0.1, 0.15) is 98.4 Å². The first-order chi connectivity index (χ1) is 17.5. The van der Waals surface area contributed by atoms with Gasteiger partial charge in [0.25, 0.3) is 5.91 Å². The first kappa shape index (κ1) is 28.3. The normalized spacial score (nSPS) is 30.4. The third kappa shape index (κ3) is 5.01. The van der Waals surface area contributed by atoms with Crippen LogP contribution >= 0.6 is 0 Å². The standard InChI is InChI=1S/C31H44N2O5/c1-28(2,3)27-33(24(34)19-13-11-10-12-14-19)22(26(36)37-27)18-21(25(35)38-29(4,5)6)32-23-17-20-15-16-31(23,9)30(20,7)8/h10-14,20-22,27H,15-18H2,1-9H3/t20-,21-,22+,27+,31+/m1/s1. The van der Waals surface area contributed by atoms with Crippen molar-refractivity contribution in [3.8, 4) is 0 Å². The van der Waals surface area contributed by atoms with Gasteiger partial charge in [-0.25, -0.2) is 9.59 Å². The number of benzene rings is 1. The average Bonchev–Trinajstić information content (AvgIpc) is 3.32. The minimum absolute atomic E-state index is 0.0174. The highest BCUT2D eigenvalue weighted by Gasteiger charge is 2.60. The van der Waals surface area contributed by atoms with Gasteiger partial charge in [-0.3, -0.25) is 14.7 Å². The lowest BCUT2D eigenvalue weighted by Gasteiger charge is -2.36. The van der Waals surface area contributed by atoms with Gasteiger partial charge in [-0.15, -0.1) is 0 Å². The van der Waals surface area contributed by atoms with Gasteiger partial charge in [0.05, 0.1) is 0 Å². The average molecular weight is 525 g/mol. The summed E-state index contributed by atoms with van der Waals surface area (Å²) < 4.78 is 11.6. The quantitative estimate of drug-likeness (QED) is 0.454. The second kappa shape index (κ2) is 9.49. The van der Waals surface area contributed by atoms with E-state index in [1.165, 1.54) is 4.90 Å². The zero-order chi connectivity index (χ0) is 28.3. The smallest absolute Gasteiger partial charge is 0.331 e. The van der Waals surface area contributed by atoms with E-state index in [4.69, 9.17) is 14.5 Å². The molecule has 7 heteroatoms. The zero-order valence-electron chi connectivity index (χ0n) is 24.5. The van der Waals surface area contributed by atoms with Crippen LogP contribution in [0.3, 0.4) is 0 Å². The largest absolute Gasteiger partial charge is 0.458 e. The monoisotopic (exact) mass is 524 g/mol. The molecule has 3 fully saturated rings. The van der Waals surface area contributed by atoms with Gasteiger partial charge in [0, 0.05) is 28.5 Å². The SMILES string of the molecule is CC(C)(C)OC(=O)[C@@H](C[C@H]1C(=O)O[C@@H](C(C)(C)C)N1C(=O)c1ccccc1)N=C1C[C@H]2CC[C@]1(C)C2(C)C. The van der Waals surface area contributed by atoms with Gasteiger partial charge < -0.3 is 9.47 Å². The van der Waals surface area contributed by atoms with Crippen molar-refractivity contribution in [3.63, 3.8) is 0 Å². The fourth-order valence-electron chi connectivity index (χ4n) is 6.40. The summed E-state index contributed by atoms with van der Waals surface area (Å²) in [6.07, 6.45) is 2.28. The molecule has 38 heavy (non-hydrogen) atoms. The van der Waals surface area contributed by atoms with Gasteiger partial charge in [-0.1, -0.05) is 59.7 Å². The van der Waals surface area contributed by atoms with Crippen molar-refractivity contribution in [1.82, 2.24) is 4.90 Å². The summed E-state index contributed by atoms with van der Waals surface area (Å²) >= 11 is 0. The Bertz CT molecular complexity index is 1130. The number of ether oxygens (including phenoxy) is 2. The van der Waals surface area contributed by atoms with Crippen molar-refractivity contribution in [2.45, 2.75) is 112 Å². The molecule has 0 spiro atoms. The molecule has 1 aromatic carbocycles. The molecule has 208 valence electrons. The molecular formula is C31H44N2O5. The van der Waals surface area contributed by atoms with Crippen LogP contribution in [0, 0.1) is 22.2 Å². The number of rotatable bonds is 5. The van der Waals surface area contributed by atoms with Crippen LogP contribution in [-0.4, -0.2) is 52.4 Å². The van der Waals surface area contributed by atoms with Crippen LogP contribution in [0.5, 0.6) is 0 Å². The molecule has 0 radical (unpaired) electrons. The van der Waals surface area contributed by atoms with E-state index in [1.54, 1.807) is 24.3 Å². The molecule has 2 saturated carbocycles. The molecule has 4 rings (SSSR count). The lowest BCUT2D eigenvalue weighted by Crippen LogP contribution is -2.49. The van der Waals surface area contributed by atoms with E-state index >= 15 is 0 Å². The second-order valence-corrected chi connectivity index (χ2v) is 14.1. The Morgan fingerprint density at radius 3 is 2.24 bits per heavy atom. The van der Waals surface area contributed by atoms with Gasteiger partial charge in [0.1, 0.15) is 17.7 Å². The highest BCUT2D eigenvalue weighted by molar-refractivity contribution is 5.99. The minimum atomic E-state index is -0.951. The molecule has 5 atom stereocenters. The molecule has 1 aromatic rings. The van der Waals surface area contributed by atoms with Crippen molar-refractivity contribution in [2.75, 3.05) is 0 Å². The Morgan fingerprint density at radius 2 is 1.74 bits per heavy atom. The number of aliphatic imine (C=N–C) groups is 1. The molecule has 1 aliphatic heterocycles. The van der Waals surface area contributed by atoms with Gasteiger partial charge in [0.2, 0.25) is 0 Å². The summed E-state index contributed by atoms with van der Waals surface area (Å²) in [6, 6.07) is 7.01. The Morgan fingerprint density at radius 1 is 1.11 bits per heavy atom. The number of amides is 1. The number of fused-ring (bicyclic) bond motifs is 2. The maximum absolute atomic E-state index is 13.8. The lowest BCUT2D eigenvalue weighted by molar-refractivity contribution is -0.156. The van der Waals surface area contributed by atoms with E-state index in [0.717, 1.165) is 25.0 Å². The van der Waals surface area contributed by atoms with Gasteiger partial charge in [-0.2, -0.15) is 0 Å². The number of carbonyl (C=O) groups excluding carboxylic acids is 3. The van der Waals surface area contributed by atoms with Crippen LogP contribution in [-0.2, 0) is 19.1 Å². The van der Waals surface area contributed by atoms with E-state index in [-0.39, 0.29) is 23.2 Å². The van der Waals surface area contributed by atoms with Crippen LogP contribution in [0.15, 0.2) is 35.3 Å². The summed E-state index contributed by atoms with van der Waals surface area (Å²) in [5.41, 5.74) is 0.230. The number of carbonyl (C=O) groups is 3. The van der Waals surface area contributed by atoms with Crippen molar-refractivity contribution in [1.29, 1.82) is 0 Å². The number of nitrogens with zero attached hydrogens (tertiary/aromatic N) is 2. The summed E-state index contributed by atoms with van der Waals surface area (Å²) in [4.78, 5) is 47.2. The molecule has 3 aliphatic rings. The molecule has 1 amide bonds. The van der Waals surface area contributed by atoms with Crippen molar-refractivity contribution < 1.29 is 23.9 Å². The minimum Gasteiger partial charge on any atom is -0.458 e. The van der Waals surface area contributed by atoms with Gasteiger partial charge in [-0.05, 0) is 63.5 Å². The lowest BCUT2D eigenvalue weighted by atomic mass is 9.70. The van der Waals surface area contributed by atoms with Crippen LogP contribution < -0.4 is 0 Å². The second-order valence-electron chi connectivity index (χ2n) is 14.1. The number of hydrogen-bond donors (Lipinski definition) is 0. The molecule has 7 nitrogen and oxygen atoms in total. The Kier molecular flexibility index (Phi) is 7.07. The van der Waals surface area contributed by atoms with Gasteiger partial charge in [0.15, 0.2) is 6.23 Å². The predicted molar refractivity (Wildman–Crippen MR) is 147 cm³/mol. The molecule has 2 aliphatic carbocycles. The summed E-state index contributed by atoms with van der Waals surface area (Å²) in [6.45, 7) is 18.1. The maximum atomic E-state index is 13.8. The number of cyclic esters (lactones) is 1. The molecule has 2 bridgehead atoms. The Hall–Kier alpha value is -2.70. The number of esters is 2. The summed E-state index contributed by atoms with van der Waals surface area (Å²) in [5.74, 6) is -0.774. The highest BCUT2D eigenvalue weighted by atomic mass is 16.6. The molecule has 0 unspecified atom stereocenters. The first-order valence-corrected chi connectivity index (χ1v) is 13.8. The fourth-order valence-corrected chi connectivity index (χ4v) is 6.40. The fraction of sp³-hybridized carbons (Fsp3) is 0.677. The van der Waals surface area contributed by atoms with E-state index in [2.05, 4.69) is 20.8 Å². The number of hydrogen-bond acceptors (Lipinski definition) is 6. The van der Waals surface area contributed by atoms with E-state index in [9.17, 15) is 14.4 Å². The third-order valence-electron chi connectivity index (χ3n) is 9.03. The van der Waals surface area contributed by atoms with Crippen LogP contribution in [0.25, 0.3) is 0 Å². The zero-order valence-corrected chi connectivity index (χ0v) is 24.5. The van der Waals surface area contributed by atoms with Crippen molar-refractivity contribution in [2.24, 2.45) is 27.2 Å². The van der Waals surface area contributed by atoms with Gasteiger partial charge >= 0.3 is 11.9 Å². The molecule has 1 heterocycles. The third-order valence-corrected chi connectivity index (χ3v) is 9.03. The van der Waals surface area contributed by atoms with Crippen molar-refractivity contribution in [3.05, 3.63) is 35.9 Å². The van der Waals surface area contributed by atoms with E-state index in [0.29, 0.717) is 11.5 Å². The molecular weight excluding hydrogens is 480 g/mol. The maximum Gasteiger partial charge on any atom is 0.331 e. The highest BCUT2D eigenvalue weighted by Crippen LogP contribution is 2.64. The topological polar surface area (TPSA) is 85.3 Å². The molecule has 1 saturated heterocycles.